The van der Waals surface area contributed by atoms with Crippen LogP contribution in [0.2, 0.25) is 0 Å². The second-order valence-electron chi connectivity index (χ2n) is 11.7. The van der Waals surface area contributed by atoms with Gasteiger partial charge in [0.2, 0.25) is 0 Å². The maximum absolute atomic E-state index is 6.24. The maximum Gasteiger partial charge on any atom is 0.135 e. The van der Waals surface area contributed by atoms with Crippen molar-refractivity contribution in [1.29, 1.82) is 0 Å². The molecule has 210 valence electrons. The van der Waals surface area contributed by atoms with Gasteiger partial charge in [-0.05, 0) is 66.2 Å². The van der Waals surface area contributed by atoms with Gasteiger partial charge in [-0.25, -0.2) is 0 Å². The Labute approximate surface area is 258 Å². The molecule has 0 radical (unpaired) electrons. The molecule has 0 fully saturated rings. The number of para-hydroxylation sites is 5. The summed E-state index contributed by atoms with van der Waals surface area (Å²) in [6, 6.07) is 56.5. The lowest BCUT2D eigenvalue weighted by atomic mass is 9.97. The van der Waals surface area contributed by atoms with Gasteiger partial charge in [-0.15, -0.1) is 0 Å². The molecule has 0 aliphatic carbocycles. The van der Waals surface area contributed by atoms with Crippen LogP contribution < -0.4 is 0 Å². The van der Waals surface area contributed by atoms with E-state index < -0.39 is 0 Å². The standard InChI is InChI=1S/C42H26N2O/c1-3-13-28(14-4-1)43-36-20-10-7-17-30(36)35-26-33(27-23-24-39-34(25-27)31-18-9-12-22-38(31)45-39)41-40(42(35)43)32-19-8-11-21-37(32)44(41)29-15-5-2-6-16-29/h1-26H. The number of aromatic nitrogens is 2. The van der Waals surface area contributed by atoms with Gasteiger partial charge in [-0.2, -0.15) is 0 Å². The summed E-state index contributed by atoms with van der Waals surface area (Å²) >= 11 is 0. The number of hydrogen-bond donors (Lipinski definition) is 0. The molecule has 0 aliphatic rings. The van der Waals surface area contributed by atoms with Crippen molar-refractivity contribution in [1.82, 2.24) is 9.13 Å². The third-order valence-electron chi connectivity index (χ3n) is 9.29. The summed E-state index contributed by atoms with van der Waals surface area (Å²) in [7, 11) is 0. The minimum Gasteiger partial charge on any atom is -0.456 e. The normalized spacial score (nSPS) is 12.0. The van der Waals surface area contributed by atoms with Crippen molar-refractivity contribution in [2.24, 2.45) is 0 Å². The maximum atomic E-state index is 6.24. The van der Waals surface area contributed by atoms with Crippen LogP contribution in [0.1, 0.15) is 0 Å². The lowest BCUT2D eigenvalue weighted by Crippen LogP contribution is -1.97. The van der Waals surface area contributed by atoms with E-state index in [9.17, 15) is 0 Å². The van der Waals surface area contributed by atoms with E-state index in [1.54, 1.807) is 0 Å². The van der Waals surface area contributed by atoms with Gasteiger partial charge in [0.1, 0.15) is 11.2 Å². The molecule has 0 spiro atoms. The van der Waals surface area contributed by atoms with Crippen molar-refractivity contribution in [2.75, 3.05) is 0 Å². The van der Waals surface area contributed by atoms with E-state index in [2.05, 4.69) is 155 Å². The summed E-state index contributed by atoms with van der Waals surface area (Å²) in [5.41, 5.74) is 11.3. The molecule has 0 N–H and O–H groups in total. The van der Waals surface area contributed by atoms with Crippen LogP contribution in [-0.4, -0.2) is 9.13 Å². The quantitative estimate of drug-likeness (QED) is 0.206. The van der Waals surface area contributed by atoms with Crippen LogP contribution in [0, 0.1) is 0 Å². The topological polar surface area (TPSA) is 23.0 Å². The fourth-order valence-electron chi connectivity index (χ4n) is 7.41. The molecule has 3 nitrogen and oxygen atoms in total. The summed E-state index contributed by atoms with van der Waals surface area (Å²) in [5, 5.41) is 7.23. The number of benzene rings is 7. The molecule has 0 amide bonds. The first-order valence-corrected chi connectivity index (χ1v) is 15.4. The van der Waals surface area contributed by atoms with Gasteiger partial charge in [0.15, 0.2) is 0 Å². The highest BCUT2D eigenvalue weighted by molar-refractivity contribution is 6.29. The first kappa shape index (κ1) is 24.4. The molecule has 0 bridgehead atoms. The Bertz CT molecular complexity index is 2740. The van der Waals surface area contributed by atoms with Crippen LogP contribution in [-0.2, 0) is 0 Å². The summed E-state index contributed by atoms with van der Waals surface area (Å²) in [6.07, 6.45) is 0. The van der Waals surface area contributed by atoms with Gasteiger partial charge in [-0.3, -0.25) is 0 Å². The third kappa shape index (κ3) is 3.41. The lowest BCUT2D eigenvalue weighted by molar-refractivity contribution is 0.669. The van der Waals surface area contributed by atoms with Crippen LogP contribution in [0.4, 0.5) is 0 Å². The Hall–Kier alpha value is -6.06. The van der Waals surface area contributed by atoms with Gasteiger partial charge in [0.25, 0.3) is 0 Å². The largest absolute Gasteiger partial charge is 0.456 e. The number of hydrogen-bond acceptors (Lipinski definition) is 1. The third-order valence-corrected chi connectivity index (χ3v) is 9.29. The van der Waals surface area contributed by atoms with E-state index in [1.807, 2.05) is 12.1 Å². The molecule has 45 heavy (non-hydrogen) atoms. The number of rotatable bonds is 3. The smallest absolute Gasteiger partial charge is 0.135 e. The van der Waals surface area contributed by atoms with Gasteiger partial charge in [0, 0.05) is 49.3 Å². The monoisotopic (exact) mass is 574 g/mol. The Morgan fingerprint density at radius 1 is 0.378 bits per heavy atom. The molecular weight excluding hydrogens is 548 g/mol. The highest BCUT2D eigenvalue weighted by Crippen LogP contribution is 2.46. The number of nitrogens with zero attached hydrogens (tertiary/aromatic N) is 2. The molecule has 3 aromatic heterocycles. The predicted molar refractivity (Wildman–Crippen MR) is 188 cm³/mol. The fourth-order valence-corrected chi connectivity index (χ4v) is 7.41. The van der Waals surface area contributed by atoms with E-state index in [0.717, 1.165) is 38.9 Å². The van der Waals surface area contributed by atoms with Crippen LogP contribution in [0.3, 0.4) is 0 Å². The van der Waals surface area contributed by atoms with Crippen molar-refractivity contribution >= 4 is 65.6 Å². The molecule has 0 saturated carbocycles. The van der Waals surface area contributed by atoms with Crippen molar-refractivity contribution in [3.63, 3.8) is 0 Å². The Morgan fingerprint density at radius 3 is 1.67 bits per heavy atom. The van der Waals surface area contributed by atoms with E-state index >= 15 is 0 Å². The summed E-state index contributed by atoms with van der Waals surface area (Å²) < 4.78 is 11.1. The fraction of sp³-hybridized carbons (Fsp3) is 0. The Balaban J connectivity index is 1.46. The van der Waals surface area contributed by atoms with Gasteiger partial charge < -0.3 is 13.6 Å². The average Bonchev–Trinajstić information content (AvgIpc) is 3.76. The molecule has 10 aromatic rings. The Morgan fingerprint density at radius 2 is 0.933 bits per heavy atom. The zero-order valence-corrected chi connectivity index (χ0v) is 24.3. The molecule has 7 aromatic carbocycles. The molecule has 3 heteroatoms. The highest BCUT2D eigenvalue weighted by Gasteiger charge is 2.24. The molecule has 0 aliphatic heterocycles. The van der Waals surface area contributed by atoms with E-state index in [1.165, 1.54) is 49.2 Å². The van der Waals surface area contributed by atoms with Gasteiger partial charge >= 0.3 is 0 Å². The van der Waals surface area contributed by atoms with E-state index in [0.29, 0.717) is 0 Å². The lowest BCUT2D eigenvalue weighted by Gasteiger charge is -2.14. The SMILES string of the molecule is c1ccc(-n2c3ccccc3c3c2c(-c2ccc4oc5ccccc5c4c2)cc2c4ccccc4n(-c4ccccc4)c23)cc1. The van der Waals surface area contributed by atoms with Gasteiger partial charge in [0.05, 0.1) is 22.1 Å². The molecule has 0 unspecified atom stereocenters. The summed E-state index contributed by atoms with van der Waals surface area (Å²) in [5.74, 6) is 0. The van der Waals surface area contributed by atoms with E-state index in [-0.39, 0.29) is 0 Å². The van der Waals surface area contributed by atoms with Crippen LogP contribution in [0.5, 0.6) is 0 Å². The molecule has 0 atom stereocenters. The van der Waals surface area contributed by atoms with Crippen molar-refractivity contribution < 1.29 is 4.42 Å². The first-order valence-electron chi connectivity index (χ1n) is 15.4. The van der Waals surface area contributed by atoms with Crippen molar-refractivity contribution in [2.45, 2.75) is 0 Å². The molecular formula is C42H26N2O. The minimum atomic E-state index is 0.904. The van der Waals surface area contributed by atoms with Crippen LogP contribution >= 0.6 is 0 Å². The summed E-state index contributed by atoms with van der Waals surface area (Å²) in [4.78, 5) is 0. The second kappa shape index (κ2) is 9.22. The molecule has 0 saturated heterocycles. The van der Waals surface area contributed by atoms with Crippen molar-refractivity contribution in [3.05, 3.63) is 158 Å². The molecule has 3 heterocycles. The zero-order chi connectivity index (χ0) is 29.5. The predicted octanol–water partition coefficient (Wildman–Crippen LogP) is 11.4. The van der Waals surface area contributed by atoms with Crippen molar-refractivity contribution in [3.8, 4) is 22.5 Å². The molecule has 10 rings (SSSR count). The van der Waals surface area contributed by atoms with Crippen LogP contribution in [0.25, 0.3) is 88.1 Å². The second-order valence-corrected chi connectivity index (χ2v) is 11.7. The van der Waals surface area contributed by atoms with E-state index in [4.69, 9.17) is 4.42 Å². The van der Waals surface area contributed by atoms with Crippen LogP contribution in [0.15, 0.2) is 162 Å². The number of fused-ring (bicyclic) bond motifs is 10. The first-order chi connectivity index (χ1) is 22.3. The average molecular weight is 575 g/mol. The highest BCUT2D eigenvalue weighted by atomic mass is 16.3. The number of furan rings is 1. The van der Waals surface area contributed by atoms with Gasteiger partial charge in [-0.1, -0.05) is 97.1 Å². The Kier molecular flexibility index (Phi) is 5.00. The minimum absolute atomic E-state index is 0.904. The summed E-state index contributed by atoms with van der Waals surface area (Å²) in [6.45, 7) is 0. The zero-order valence-electron chi connectivity index (χ0n) is 24.3.